The Kier molecular flexibility index (Phi) is 2.44. The molecule has 0 fully saturated rings. The fraction of sp³-hybridized carbons (Fsp3) is 0.154. The molecule has 0 atom stereocenters. The fourth-order valence-corrected chi connectivity index (χ4v) is 2.04. The van der Waals surface area contributed by atoms with E-state index >= 15 is 0 Å². The molecule has 5 heteroatoms. The van der Waals surface area contributed by atoms with E-state index in [1.165, 1.54) is 6.33 Å². The zero-order valence-corrected chi connectivity index (χ0v) is 9.92. The number of H-pyrrole nitrogens is 1. The molecule has 90 valence electrons. The van der Waals surface area contributed by atoms with Crippen LogP contribution in [0.25, 0.3) is 5.65 Å². The van der Waals surface area contributed by atoms with E-state index in [2.05, 4.69) is 15.3 Å². The number of hydrogen-bond donors (Lipinski definition) is 1. The Morgan fingerprint density at radius 1 is 1.28 bits per heavy atom. The Balaban J connectivity index is 2.14. The van der Waals surface area contributed by atoms with E-state index in [0.29, 0.717) is 12.1 Å². The molecule has 0 radical (unpaired) electrons. The van der Waals surface area contributed by atoms with Gasteiger partial charge in [-0.3, -0.25) is 9.89 Å². The number of aryl methyl sites for hydroxylation is 1. The minimum absolute atomic E-state index is 0.0624. The van der Waals surface area contributed by atoms with E-state index in [1.807, 2.05) is 37.3 Å². The molecule has 0 bridgehead atoms. The van der Waals surface area contributed by atoms with Crippen LogP contribution in [0.1, 0.15) is 16.8 Å². The van der Waals surface area contributed by atoms with Gasteiger partial charge in [0.2, 0.25) is 11.1 Å². The summed E-state index contributed by atoms with van der Waals surface area (Å²) in [5.74, 6) is 0. The molecule has 2 aromatic heterocycles. The van der Waals surface area contributed by atoms with Crippen molar-refractivity contribution in [3.05, 3.63) is 63.7 Å². The number of nitrogens with zero attached hydrogens (tertiary/aromatic N) is 3. The second kappa shape index (κ2) is 4.10. The predicted molar refractivity (Wildman–Crippen MR) is 67.6 cm³/mol. The first-order valence-electron chi connectivity index (χ1n) is 5.71. The Labute approximate surface area is 103 Å². The van der Waals surface area contributed by atoms with Crippen LogP contribution in [0, 0.1) is 6.92 Å². The van der Waals surface area contributed by atoms with Gasteiger partial charge in [0.15, 0.2) is 0 Å². The van der Waals surface area contributed by atoms with Gasteiger partial charge in [-0.1, -0.05) is 30.3 Å². The number of rotatable bonds is 2. The number of fused-ring (bicyclic) bond motifs is 1. The van der Waals surface area contributed by atoms with Crippen molar-refractivity contribution in [2.75, 3.05) is 0 Å². The zero-order chi connectivity index (χ0) is 12.5. The monoisotopic (exact) mass is 240 g/mol. The first-order valence-corrected chi connectivity index (χ1v) is 5.71. The van der Waals surface area contributed by atoms with Gasteiger partial charge >= 0.3 is 0 Å². The smallest absolute Gasteiger partial charge is 0.230 e. The molecule has 0 unspecified atom stereocenters. The van der Waals surface area contributed by atoms with Gasteiger partial charge in [-0.25, -0.2) is 4.52 Å². The highest BCUT2D eigenvalue weighted by atomic mass is 16.1. The van der Waals surface area contributed by atoms with Crippen LogP contribution in [0.3, 0.4) is 0 Å². The lowest BCUT2D eigenvalue weighted by Gasteiger charge is -2.06. The van der Waals surface area contributed by atoms with Gasteiger partial charge in [-0.15, -0.1) is 10.2 Å². The van der Waals surface area contributed by atoms with Crippen LogP contribution in [0.2, 0.25) is 0 Å². The average molecular weight is 240 g/mol. The van der Waals surface area contributed by atoms with Crippen molar-refractivity contribution in [3.8, 4) is 0 Å². The summed E-state index contributed by atoms with van der Waals surface area (Å²) in [7, 11) is 0. The first kappa shape index (κ1) is 10.7. The summed E-state index contributed by atoms with van der Waals surface area (Å²) in [6.45, 7) is 1.89. The van der Waals surface area contributed by atoms with Crippen LogP contribution in [0.5, 0.6) is 0 Å². The maximum absolute atomic E-state index is 12.3. The van der Waals surface area contributed by atoms with Gasteiger partial charge in [0.1, 0.15) is 6.33 Å². The van der Waals surface area contributed by atoms with Crippen molar-refractivity contribution in [1.29, 1.82) is 0 Å². The molecule has 0 aliphatic rings. The molecule has 0 amide bonds. The highest BCUT2D eigenvalue weighted by molar-refractivity contribution is 5.41. The molecule has 1 aromatic carbocycles. The van der Waals surface area contributed by atoms with Crippen LogP contribution < -0.4 is 5.43 Å². The third kappa shape index (κ3) is 1.69. The quantitative estimate of drug-likeness (QED) is 0.734. The van der Waals surface area contributed by atoms with Gasteiger partial charge in [-0.2, -0.15) is 0 Å². The Hall–Kier alpha value is -2.43. The van der Waals surface area contributed by atoms with E-state index in [1.54, 1.807) is 4.52 Å². The molecule has 0 spiro atoms. The Morgan fingerprint density at radius 2 is 2.06 bits per heavy atom. The molecule has 5 nitrogen and oxygen atoms in total. The second-order valence-electron chi connectivity index (χ2n) is 4.23. The summed E-state index contributed by atoms with van der Waals surface area (Å²) in [6, 6.07) is 9.91. The lowest BCUT2D eigenvalue weighted by atomic mass is 10.0. The number of hydrogen-bond acceptors (Lipinski definition) is 3. The van der Waals surface area contributed by atoms with Gasteiger partial charge in [-0.05, 0) is 12.5 Å². The van der Waals surface area contributed by atoms with Gasteiger partial charge in [0, 0.05) is 17.7 Å². The lowest BCUT2D eigenvalue weighted by Crippen LogP contribution is -2.17. The standard InChI is InChI=1S/C13H12N4O/c1-9-11(7-10-5-3-2-4-6-10)12(18)13-15-14-8-17(13)16-9/h2-6,8,16H,7H2,1H3. The van der Waals surface area contributed by atoms with Crippen molar-refractivity contribution < 1.29 is 0 Å². The Morgan fingerprint density at radius 3 is 2.83 bits per heavy atom. The van der Waals surface area contributed by atoms with E-state index in [-0.39, 0.29) is 5.43 Å². The van der Waals surface area contributed by atoms with Crippen LogP contribution in [0.4, 0.5) is 0 Å². The van der Waals surface area contributed by atoms with Crippen molar-refractivity contribution in [2.24, 2.45) is 0 Å². The van der Waals surface area contributed by atoms with E-state index < -0.39 is 0 Å². The van der Waals surface area contributed by atoms with Crippen molar-refractivity contribution in [1.82, 2.24) is 19.8 Å². The molecule has 3 rings (SSSR count). The van der Waals surface area contributed by atoms with Gasteiger partial charge < -0.3 is 0 Å². The van der Waals surface area contributed by atoms with Crippen molar-refractivity contribution in [3.63, 3.8) is 0 Å². The van der Waals surface area contributed by atoms with Crippen molar-refractivity contribution in [2.45, 2.75) is 13.3 Å². The summed E-state index contributed by atoms with van der Waals surface area (Å²) in [6.07, 6.45) is 2.10. The normalized spacial score (nSPS) is 10.9. The number of aromatic nitrogens is 4. The highest BCUT2D eigenvalue weighted by Crippen LogP contribution is 2.09. The number of aromatic amines is 1. The molecule has 1 N–H and O–H groups in total. The zero-order valence-electron chi connectivity index (χ0n) is 9.92. The summed E-state index contributed by atoms with van der Waals surface area (Å²) >= 11 is 0. The fourth-order valence-electron chi connectivity index (χ4n) is 2.04. The largest absolute Gasteiger partial charge is 0.295 e. The molecule has 3 aromatic rings. The Bertz CT molecular complexity index is 743. The van der Waals surface area contributed by atoms with E-state index in [4.69, 9.17) is 0 Å². The lowest BCUT2D eigenvalue weighted by molar-refractivity contribution is 0.865. The predicted octanol–water partition coefficient (Wildman–Crippen LogP) is 1.32. The van der Waals surface area contributed by atoms with Crippen LogP contribution in [-0.2, 0) is 6.42 Å². The second-order valence-corrected chi connectivity index (χ2v) is 4.23. The molecule has 0 aliphatic carbocycles. The topological polar surface area (TPSA) is 63.1 Å². The average Bonchev–Trinajstić information content (AvgIpc) is 2.84. The molecule has 0 saturated heterocycles. The highest BCUT2D eigenvalue weighted by Gasteiger charge is 2.11. The van der Waals surface area contributed by atoms with Gasteiger partial charge in [0.25, 0.3) is 0 Å². The van der Waals surface area contributed by atoms with Crippen LogP contribution in [0.15, 0.2) is 41.5 Å². The summed E-state index contributed by atoms with van der Waals surface area (Å²) in [5.41, 5.74) is 2.96. The summed E-state index contributed by atoms with van der Waals surface area (Å²) in [5, 5.41) is 10.7. The molecule has 2 heterocycles. The third-order valence-electron chi connectivity index (χ3n) is 2.99. The maximum atomic E-state index is 12.3. The minimum atomic E-state index is -0.0624. The first-order chi connectivity index (χ1) is 8.75. The van der Waals surface area contributed by atoms with E-state index in [0.717, 1.165) is 16.8 Å². The third-order valence-corrected chi connectivity index (χ3v) is 2.99. The van der Waals surface area contributed by atoms with Crippen LogP contribution >= 0.6 is 0 Å². The summed E-state index contributed by atoms with van der Waals surface area (Å²) < 4.78 is 1.55. The number of nitrogens with one attached hydrogen (secondary N) is 1. The molecule has 18 heavy (non-hydrogen) atoms. The van der Waals surface area contributed by atoms with Crippen LogP contribution in [-0.4, -0.2) is 19.8 Å². The molecule has 0 aliphatic heterocycles. The molecular weight excluding hydrogens is 228 g/mol. The molecule has 0 saturated carbocycles. The SMILES string of the molecule is Cc1[nH]n2cnnc2c(=O)c1Cc1ccccc1. The molecular formula is C13H12N4O. The number of benzene rings is 1. The van der Waals surface area contributed by atoms with Gasteiger partial charge in [0.05, 0.1) is 0 Å². The minimum Gasteiger partial charge on any atom is -0.295 e. The summed E-state index contributed by atoms with van der Waals surface area (Å²) in [4.78, 5) is 12.3. The van der Waals surface area contributed by atoms with E-state index in [9.17, 15) is 4.79 Å². The maximum Gasteiger partial charge on any atom is 0.230 e. The van der Waals surface area contributed by atoms with Crippen molar-refractivity contribution >= 4 is 5.65 Å².